The van der Waals surface area contributed by atoms with Gasteiger partial charge in [-0.05, 0) is 47.8 Å². The lowest BCUT2D eigenvalue weighted by atomic mass is 9.45. The van der Waals surface area contributed by atoms with Gasteiger partial charge in [0.25, 0.3) is 0 Å². The number of hydrogen-bond donors (Lipinski definition) is 1. The third-order valence-electron chi connectivity index (χ3n) is 7.66. The first-order chi connectivity index (χ1) is 12.5. The third-order valence-corrected chi connectivity index (χ3v) is 9.42. The van der Waals surface area contributed by atoms with Crippen LogP contribution >= 0.6 is 11.8 Å². The van der Waals surface area contributed by atoms with Crippen LogP contribution in [0.2, 0.25) is 0 Å². The van der Waals surface area contributed by atoms with Gasteiger partial charge < -0.3 is 10.2 Å². The summed E-state index contributed by atoms with van der Waals surface area (Å²) in [6.07, 6.45) is 3.63. The topological polar surface area (TPSA) is 66.5 Å². The van der Waals surface area contributed by atoms with Gasteiger partial charge in [-0.3, -0.25) is 14.4 Å². The van der Waals surface area contributed by atoms with Crippen LogP contribution in [0.3, 0.4) is 0 Å². The Morgan fingerprint density at radius 1 is 1.26 bits per heavy atom. The van der Waals surface area contributed by atoms with Gasteiger partial charge in [0, 0.05) is 12.3 Å². The maximum atomic E-state index is 13.0. The number of ketones is 1. The summed E-state index contributed by atoms with van der Waals surface area (Å²) < 4.78 is 0. The van der Waals surface area contributed by atoms with Crippen LogP contribution in [0.1, 0.15) is 53.9 Å². The number of carbonyl (C=O) groups is 3. The normalized spacial score (nSPS) is 40.0. The van der Waals surface area contributed by atoms with Crippen LogP contribution in [0.25, 0.3) is 0 Å². The fourth-order valence-corrected chi connectivity index (χ4v) is 7.51. The number of amides is 2. The van der Waals surface area contributed by atoms with E-state index in [1.807, 2.05) is 0 Å². The van der Waals surface area contributed by atoms with Crippen LogP contribution < -0.4 is 5.32 Å². The predicted molar refractivity (Wildman–Crippen MR) is 106 cm³/mol. The predicted octanol–water partition coefficient (Wildman–Crippen LogP) is 2.69. The highest BCUT2D eigenvalue weighted by Crippen LogP contribution is 2.61. The molecule has 0 radical (unpaired) electrons. The molecule has 6 heteroatoms. The Morgan fingerprint density at radius 2 is 1.96 bits per heavy atom. The number of nitrogens with one attached hydrogen (secondary N) is 1. The van der Waals surface area contributed by atoms with Crippen molar-refractivity contribution in [3.8, 4) is 0 Å². The molecule has 1 N–H and O–H groups in total. The van der Waals surface area contributed by atoms with E-state index in [1.54, 1.807) is 16.7 Å². The molecule has 150 valence electrons. The minimum Gasteiger partial charge on any atom is -0.355 e. The van der Waals surface area contributed by atoms with Gasteiger partial charge in [-0.25, -0.2) is 0 Å². The van der Waals surface area contributed by atoms with Crippen molar-refractivity contribution in [2.24, 2.45) is 34.5 Å². The van der Waals surface area contributed by atoms with Gasteiger partial charge in [-0.2, -0.15) is 0 Å². The highest BCUT2D eigenvalue weighted by atomic mass is 32.2. The highest BCUT2D eigenvalue weighted by molar-refractivity contribution is 8.00. The summed E-state index contributed by atoms with van der Waals surface area (Å²) >= 11 is 1.66. The Balaban J connectivity index is 1.41. The molecular weight excluding hydrogens is 360 g/mol. The number of hydrogen-bond acceptors (Lipinski definition) is 4. The van der Waals surface area contributed by atoms with Gasteiger partial charge in [-0.1, -0.05) is 34.6 Å². The molecule has 2 saturated heterocycles. The van der Waals surface area contributed by atoms with Crippen molar-refractivity contribution >= 4 is 29.4 Å². The Morgan fingerprint density at radius 3 is 2.56 bits per heavy atom. The van der Waals surface area contributed by atoms with Crippen molar-refractivity contribution in [1.82, 2.24) is 10.2 Å². The van der Waals surface area contributed by atoms with E-state index in [1.165, 1.54) is 12.8 Å². The van der Waals surface area contributed by atoms with E-state index in [0.29, 0.717) is 29.5 Å². The Kier molecular flexibility index (Phi) is 4.45. The summed E-state index contributed by atoms with van der Waals surface area (Å²) in [7, 11) is 0. The molecule has 6 atom stereocenters. The fourth-order valence-electron chi connectivity index (χ4n) is 5.91. The zero-order chi connectivity index (χ0) is 19.7. The second-order valence-corrected chi connectivity index (χ2v) is 11.7. The maximum absolute atomic E-state index is 13.0. The molecule has 3 aliphatic carbocycles. The maximum Gasteiger partial charge on any atom is 0.244 e. The van der Waals surface area contributed by atoms with Crippen molar-refractivity contribution in [3.63, 3.8) is 0 Å². The van der Waals surface area contributed by atoms with E-state index in [4.69, 9.17) is 0 Å². The van der Waals surface area contributed by atoms with Crippen molar-refractivity contribution in [2.45, 2.75) is 65.3 Å². The monoisotopic (exact) mass is 392 g/mol. The summed E-state index contributed by atoms with van der Waals surface area (Å²) in [6.45, 7) is 11.5. The van der Waals surface area contributed by atoms with E-state index in [-0.39, 0.29) is 28.4 Å². The lowest BCUT2D eigenvalue weighted by molar-refractivity contribution is -0.141. The number of carbonyl (C=O) groups excluding carboxylic acids is 3. The molecule has 0 spiro atoms. The molecule has 5 fully saturated rings. The first-order valence-corrected chi connectivity index (χ1v) is 11.3. The summed E-state index contributed by atoms with van der Waals surface area (Å²) in [5.41, 5.74) is 0.252. The minimum absolute atomic E-state index is 0.0391. The lowest BCUT2D eigenvalue weighted by Gasteiger charge is -2.60. The van der Waals surface area contributed by atoms with Crippen molar-refractivity contribution in [1.29, 1.82) is 0 Å². The summed E-state index contributed by atoms with van der Waals surface area (Å²) in [5, 5.41) is 2.94. The molecule has 5 aliphatic rings. The van der Waals surface area contributed by atoms with Gasteiger partial charge >= 0.3 is 0 Å². The van der Waals surface area contributed by atoms with E-state index in [9.17, 15) is 14.4 Å². The summed E-state index contributed by atoms with van der Waals surface area (Å²) in [5.74, 6) is 0.546. The van der Waals surface area contributed by atoms with E-state index in [2.05, 4.69) is 39.9 Å². The molecule has 0 aromatic heterocycles. The third kappa shape index (κ3) is 2.85. The quantitative estimate of drug-likeness (QED) is 0.750. The van der Waals surface area contributed by atoms with Crippen LogP contribution in [-0.2, 0) is 14.4 Å². The van der Waals surface area contributed by atoms with Gasteiger partial charge in [0.2, 0.25) is 11.8 Å². The van der Waals surface area contributed by atoms with Gasteiger partial charge in [0.15, 0.2) is 11.7 Å². The molecule has 3 saturated carbocycles. The zero-order valence-corrected chi connectivity index (χ0v) is 17.9. The molecule has 2 aliphatic heterocycles. The number of Topliss-reactive ketones (excluding diaryl/α,β-unsaturated/α-hetero) is 1. The van der Waals surface area contributed by atoms with Crippen molar-refractivity contribution in [3.05, 3.63) is 0 Å². The van der Waals surface area contributed by atoms with Crippen LogP contribution in [0.15, 0.2) is 0 Å². The molecule has 27 heavy (non-hydrogen) atoms. The minimum atomic E-state index is -1.13. The second-order valence-electron chi connectivity index (χ2n) is 10.6. The molecule has 5 rings (SSSR count). The number of nitrogens with zero attached hydrogens (tertiary/aromatic N) is 1. The van der Waals surface area contributed by atoms with E-state index in [0.717, 1.165) is 12.3 Å². The molecule has 4 unspecified atom stereocenters. The van der Waals surface area contributed by atoms with Crippen molar-refractivity contribution < 1.29 is 14.4 Å². The number of fused-ring (bicyclic) bond motifs is 3. The SMILES string of the molecule is CC1(C)C2CCC(CNC(=O)C3C(=O)[C@H]4CS[C@H](C(C)(C)C)N4C3=O)C1C2. The van der Waals surface area contributed by atoms with E-state index >= 15 is 0 Å². The first kappa shape index (κ1) is 19.3. The molecular formula is C21H32N2O3S. The Bertz CT molecular complexity index is 681. The van der Waals surface area contributed by atoms with Gasteiger partial charge in [0.1, 0.15) is 6.04 Å². The highest BCUT2D eigenvalue weighted by Gasteiger charge is 2.58. The van der Waals surface area contributed by atoms with Crippen LogP contribution in [0.4, 0.5) is 0 Å². The first-order valence-electron chi connectivity index (χ1n) is 10.3. The van der Waals surface area contributed by atoms with Gasteiger partial charge in [0.05, 0.1) is 5.37 Å². The molecule has 2 amide bonds. The average molecular weight is 393 g/mol. The molecule has 0 aromatic rings. The number of rotatable bonds is 3. The van der Waals surface area contributed by atoms with Crippen LogP contribution in [0.5, 0.6) is 0 Å². The largest absolute Gasteiger partial charge is 0.355 e. The van der Waals surface area contributed by atoms with E-state index < -0.39 is 12.0 Å². The number of thioether (sulfide) groups is 1. The molecule has 0 aromatic carbocycles. The standard InChI is InChI=1S/C21H32N2O3S/c1-20(2,3)19-23-14(10-27-19)16(24)15(18(23)26)17(25)22-9-11-6-7-12-8-13(11)21(12,4)5/h11-15,19H,6-10H2,1-5H3,(H,22,25)/t11?,12?,13?,14-,15?,19-/m1/s1. The zero-order valence-electron chi connectivity index (χ0n) is 17.1. The Hall–Kier alpha value is -1.04. The molecule has 2 heterocycles. The van der Waals surface area contributed by atoms with Crippen LogP contribution in [0, 0.1) is 34.5 Å². The summed E-state index contributed by atoms with van der Waals surface area (Å²) in [4.78, 5) is 40.2. The van der Waals surface area contributed by atoms with Crippen molar-refractivity contribution in [2.75, 3.05) is 12.3 Å². The summed E-state index contributed by atoms with van der Waals surface area (Å²) in [6, 6.07) is -0.427. The lowest BCUT2D eigenvalue weighted by Crippen LogP contribution is -2.55. The van der Waals surface area contributed by atoms with Gasteiger partial charge in [-0.15, -0.1) is 11.8 Å². The van der Waals surface area contributed by atoms with Crippen LogP contribution in [-0.4, -0.2) is 46.2 Å². The second kappa shape index (κ2) is 6.23. The molecule has 5 nitrogen and oxygen atoms in total. The Labute approximate surface area is 166 Å². The fraction of sp³-hybridized carbons (Fsp3) is 0.857. The molecule has 2 bridgehead atoms. The average Bonchev–Trinajstić information content (AvgIpc) is 3.13. The smallest absolute Gasteiger partial charge is 0.244 e.